The molecule has 1 aliphatic heterocycles. The fourth-order valence-electron chi connectivity index (χ4n) is 3.68. The number of hydrogen-bond acceptors (Lipinski definition) is 4. The zero-order valence-electron chi connectivity index (χ0n) is 14.6. The van der Waals surface area contributed by atoms with Gasteiger partial charge in [0.25, 0.3) is 0 Å². The van der Waals surface area contributed by atoms with Crippen LogP contribution in [0.4, 0.5) is 0 Å². The van der Waals surface area contributed by atoms with Crippen molar-refractivity contribution >= 4 is 5.78 Å². The molecule has 0 amide bonds. The number of carbonyl (C=O) groups excluding carboxylic acids is 1. The van der Waals surface area contributed by atoms with Gasteiger partial charge in [0, 0.05) is 18.4 Å². The zero-order chi connectivity index (χ0) is 17.6. The molecule has 0 aromatic heterocycles. The van der Waals surface area contributed by atoms with Crippen molar-refractivity contribution in [3.05, 3.63) is 57.7 Å². The summed E-state index contributed by atoms with van der Waals surface area (Å²) in [5, 5.41) is 9.63. The van der Waals surface area contributed by atoms with E-state index in [9.17, 15) is 10.1 Å². The maximum atomic E-state index is 12.9. The summed E-state index contributed by atoms with van der Waals surface area (Å²) in [6.07, 6.45) is 1.10. The Kier molecular flexibility index (Phi) is 3.76. The van der Waals surface area contributed by atoms with E-state index >= 15 is 0 Å². The van der Waals surface area contributed by atoms with Gasteiger partial charge in [-0.05, 0) is 36.0 Å². The Bertz CT molecular complexity index is 838. The van der Waals surface area contributed by atoms with Gasteiger partial charge in [0.2, 0.25) is 5.88 Å². The quantitative estimate of drug-likeness (QED) is 0.854. The molecule has 0 radical (unpaired) electrons. The second-order valence-corrected chi connectivity index (χ2v) is 7.49. The number of aryl methyl sites for hydroxylation is 1. The first kappa shape index (κ1) is 16.3. The zero-order valence-corrected chi connectivity index (χ0v) is 14.6. The van der Waals surface area contributed by atoms with E-state index in [2.05, 4.69) is 6.07 Å². The summed E-state index contributed by atoms with van der Waals surface area (Å²) in [5.74, 6) is 0.362. The first-order valence-corrected chi connectivity index (χ1v) is 8.15. The molecule has 4 heteroatoms. The molecule has 0 bridgehead atoms. The first-order chi connectivity index (χ1) is 11.2. The van der Waals surface area contributed by atoms with Crippen LogP contribution < -0.4 is 5.73 Å². The van der Waals surface area contributed by atoms with E-state index in [0.29, 0.717) is 29.7 Å². The van der Waals surface area contributed by atoms with Gasteiger partial charge in [-0.2, -0.15) is 5.26 Å². The number of ether oxygens (including phenoxy) is 1. The Morgan fingerprint density at radius 2 is 2.00 bits per heavy atom. The lowest BCUT2D eigenvalue weighted by atomic mass is 9.69. The summed E-state index contributed by atoms with van der Waals surface area (Å²) in [5.41, 5.74) is 9.97. The van der Waals surface area contributed by atoms with Gasteiger partial charge in [-0.1, -0.05) is 32.0 Å². The summed E-state index contributed by atoms with van der Waals surface area (Å²) in [6, 6.07) is 8.12. The van der Waals surface area contributed by atoms with E-state index < -0.39 is 5.92 Å². The normalized spacial score (nSPS) is 22.8. The standard InChI is InChI=1S/C20H22N2O2/c1-11-6-5-7-13(12(11)2)17-14(10-21)19(22)24-16-9-20(3,4)8-15(23)18(16)17/h5-7,17H,8-9,22H2,1-4H3. The van der Waals surface area contributed by atoms with Gasteiger partial charge in [-0.15, -0.1) is 0 Å². The van der Waals surface area contributed by atoms with E-state index in [-0.39, 0.29) is 17.1 Å². The van der Waals surface area contributed by atoms with Crippen LogP contribution in [0.3, 0.4) is 0 Å². The number of carbonyl (C=O) groups is 1. The molecular formula is C20H22N2O2. The van der Waals surface area contributed by atoms with E-state index in [1.54, 1.807) is 0 Å². The third kappa shape index (κ3) is 2.50. The summed E-state index contributed by atoms with van der Waals surface area (Å²) < 4.78 is 5.72. The molecule has 0 spiro atoms. The molecular weight excluding hydrogens is 300 g/mol. The molecule has 0 saturated heterocycles. The summed E-state index contributed by atoms with van der Waals surface area (Å²) in [4.78, 5) is 12.9. The third-order valence-corrected chi connectivity index (χ3v) is 5.03. The number of hydrogen-bond donors (Lipinski definition) is 1. The van der Waals surface area contributed by atoms with E-state index in [0.717, 1.165) is 16.7 Å². The molecule has 1 unspecified atom stereocenters. The average molecular weight is 322 g/mol. The molecule has 2 aliphatic rings. The monoisotopic (exact) mass is 322 g/mol. The lowest BCUT2D eigenvalue weighted by Gasteiger charge is -2.37. The Morgan fingerprint density at radius 1 is 1.29 bits per heavy atom. The highest BCUT2D eigenvalue weighted by atomic mass is 16.5. The highest BCUT2D eigenvalue weighted by molar-refractivity contribution is 6.00. The van der Waals surface area contributed by atoms with Crippen LogP contribution in [0.1, 0.15) is 49.3 Å². The topological polar surface area (TPSA) is 76.1 Å². The van der Waals surface area contributed by atoms with Crippen LogP contribution in [0.5, 0.6) is 0 Å². The van der Waals surface area contributed by atoms with Gasteiger partial charge in [0.1, 0.15) is 17.4 Å². The van der Waals surface area contributed by atoms with Crippen LogP contribution >= 0.6 is 0 Å². The van der Waals surface area contributed by atoms with Crippen molar-refractivity contribution in [1.82, 2.24) is 0 Å². The SMILES string of the molecule is Cc1cccc(C2C(C#N)=C(N)OC3=C2C(=O)CC(C)(C)C3)c1C. The summed E-state index contributed by atoms with van der Waals surface area (Å²) in [7, 11) is 0. The van der Waals surface area contributed by atoms with Crippen LogP contribution in [0.15, 0.2) is 41.0 Å². The summed E-state index contributed by atoms with van der Waals surface area (Å²) >= 11 is 0. The molecule has 124 valence electrons. The molecule has 1 heterocycles. The highest BCUT2D eigenvalue weighted by Crippen LogP contribution is 2.48. The number of rotatable bonds is 1. The average Bonchev–Trinajstić information content (AvgIpc) is 2.47. The minimum absolute atomic E-state index is 0.0485. The lowest BCUT2D eigenvalue weighted by molar-refractivity contribution is -0.119. The van der Waals surface area contributed by atoms with Crippen LogP contribution in [-0.4, -0.2) is 5.78 Å². The Labute approximate surface area is 142 Å². The Hall–Kier alpha value is -2.54. The molecule has 0 fully saturated rings. The van der Waals surface area contributed by atoms with Gasteiger partial charge in [0.05, 0.1) is 5.92 Å². The first-order valence-electron chi connectivity index (χ1n) is 8.15. The second-order valence-electron chi connectivity index (χ2n) is 7.49. The van der Waals surface area contributed by atoms with E-state index in [1.165, 1.54) is 0 Å². The predicted octanol–water partition coefficient (Wildman–Crippen LogP) is 3.75. The number of nitrogens with two attached hydrogens (primary N) is 1. The van der Waals surface area contributed by atoms with Crippen molar-refractivity contribution in [2.75, 3.05) is 0 Å². The molecule has 3 rings (SSSR count). The number of Topliss-reactive ketones (excluding diaryl/α,β-unsaturated/α-hetero) is 1. The van der Waals surface area contributed by atoms with Crippen molar-refractivity contribution < 1.29 is 9.53 Å². The molecule has 0 saturated carbocycles. The lowest BCUT2D eigenvalue weighted by Crippen LogP contribution is -2.33. The van der Waals surface area contributed by atoms with Crippen molar-refractivity contribution in [3.63, 3.8) is 0 Å². The van der Waals surface area contributed by atoms with Crippen molar-refractivity contribution in [1.29, 1.82) is 5.26 Å². The molecule has 1 aromatic rings. The maximum Gasteiger partial charge on any atom is 0.205 e. The molecule has 1 aliphatic carbocycles. The fourth-order valence-corrected chi connectivity index (χ4v) is 3.68. The van der Waals surface area contributed by atoms with Crippen LogP contribution in [0.2, 0.25) is 0 Å². The molecule has 1 atom stereocenters. The number of nitriles is 1. The summed E-state index contributed by atoms with van der Waals surface area (Å²) in [6.45, 7) is 8.14. The van der Waals surface area contributed by atoms with Crippen molar-refractivity contribution in [2.24, 2.45) is 11.1 Å². The third-order valence-electron chi connectivity index (χ3n) is 5.03. The largest absolute Gasteiger partial charge is 0.444 e. The fraction of sp³-hybridized carbons (Fsp3) is 0.400. The van der Waals surface area contributed by atoms with Crippen LogP contribution in [0, 0.1) is 30.6 Å². The van der Waals surface area contributed by atoms with Gasteiger partial charge in [-0.25, -0.2) is 0 Å². The second kappa shape index (κ2) is 5.52. The smallest absolute Gasteiger partial charge is 0.205 e. The number of nitrogens with zero attached hydrogens (tertiary/aromatic N) is 1. The minimum Gasteiger partial charge on any atom is -0.444 e. The highest BCUT2D eigenvalue weighted by Gasteiger charge is 2.43. The number of ketones is 1. The van der Waals surface area contributed by atoms with Gasteiger partial charge < -0.3 is 10.5 Å². The molecule has 24 heavy (non-hydrogen) atoms. The Morgan fingerprint density at radius 3 is 2.67 bits per heavy atom. The number of benzene rings is 1. The molecule has 4 nitrogen and oxygen atoms in total. The molecule has 2 N–H and O–H groups in total. The van der Waals surface area contributed by atoms with E-state index in [4.69, 9.17) is 10.5 Å². The molecule has 1 aromatic carbocycles. The number of allylic oxidation sites excluding steroid dienone is 3. The van der Waals surface area contributed by atoms with Crippen molar-refractivity contribution in [3.8, 4) is 6.07 Å². The Balaban J connectivity index is 2.24. The van der Waals surface area contributed by atoms with Gasteiger partial charge in [-0.3, -0.25) is 4.79 Å². The van der Waals surface area contributed by atoms with Crippen molar-refractivity contribution in [2.45, 2.75) is 46.5 Å². The van der Waals surface area contributed by atoms with Gasteiger partial charge >= 0.3 is 0 Å². The maximum absolute atomic E-state index is 12.9. The van der Waals surface area contributed by atoms with Gasteiger partial charge in [0.15, 0.2) is 5.78 Å². The van der Waals surface area contributed by atoms with Crippen LogP contribution in [-0.2, 0) is 9.53 Å². The predicted molar refractivity (Wildman–Crippen MR) is 91.6 cm³/mol. The van der Waals surface area contributed by atoms with E-state index in [1.807, 2.05) is 45.9 Å². The minimum atomic E-state index is -0.428. The van der Waals surface area contributed by atoms with Crippen LogP contribution in [0.25, 0.3) is 0 Å².